The molecule has 7 heteroatoms. The predicted octanol–water partition coefficient (Wildman–Crippen LogP) is 1.05. The Hall–Kier alpha value is -1.47. The van der Waals surface area contributed by atoms with E-state index in [1.807, 2.05) is 13.8 Å². The zero-order chi connectivity index (χ0) is 15.0. The minimum Gasteiger partial charge on any atom is -0.354 e. The molecular formula is C13H21N3O3S. The SMILES string of the molecule is CCC[C@@H](C)NC(=O)CCNS(=O)(=O)c1cccnc1. The highest BCUT2D eigenvalue weighted by Gasteiger charge is 2.14. The maximum Gasteiger partial charge on any atom is 0.242 e. The van der Waals surface area contributed by atoms with Crippen molar-refractivity contribution in [1.82, 2.24) is 15.0 Å². The van der Waals surface area contributed by atoms with Crippen molar-refractivity contribution in [2.24, 2.45) is 0 Å². The van der Waals surface area contributed by atoms with Crippen LogP contribution in [0, 0.1) is 0 Å². The third-order valence-electron chi connectivity index (χ3n) is 2.72. The summed E-state index contributed by atoms with van der Waals surface area (Å²) in [5, 5.41) is 2.82. The summed E-state index contributed by atoms with van der Waals surface area (Å²) in [4.78, 5) is 15.4. The van der Waals surface area contributed by atoms with Gasteiger partial charge in [0.1, 0.15) is 4.90 Å². The molecule has 20 heavy (non-hydrogen) atoms. The molecule has 0 radical (unpaired) electrons. The minimum absolute atomic E-state index is 0.0713. The molecule has 0 bridgehead atoms. The molecule has 0 unspecified atom stereocenters. The molecule has 0 aliphatic carbocycles. The Kier molecular flexibility index (Phi) is 6.60. The van der Waals surface area contributed by atoms with E-state index in [2.05, 4.69) is 15.0 Å². The Morgan fingerprint density at radius 1 is 1.45 bits per heavy atom. The van der Waals surface area contributed by atoms with Crippen LogP contribution in [0.25, 0.3) is 0 Å². The topological polar surface area (TPSA) is 88.2 Å². The molecule has 1 rings (SSSR count). The minimum atomic E-state index is -3.59. The van der Waals surface area contributed by atoms with Gasteiger partial charge in [-0.3, -0.25) is 9.78 Å². The summed E-state index contributed by atoms with van der Waals surface area (Å²) in [7, 11) is -3.59. The lowest BCUT2D eigenvalue weighted by molar-refractivity contribution is -0.121. The summed E-state index contributed by atoms with van der Waals surface area (Å²) >= 11 is 0. The molecular weight excluding hydrogens is 278 g/mol. The van der Waals surface area contributed by atoms with E-state index in [1.165, 1.54) is 18.5 Å². The Morgan fingerprint density at radius 3 is 2.80 bits per heavy atom. The molecule has 1 amide bonds. The number of nitrogens with one attached hydrogen (secondary N) is 2. The molecule has 0 saturated heterocycles. The van der Waals surface area contributed by atoms with Gasteiger partial charge in [0.25, 0.3) is 0 Å². The first-order valence-electron chi connectivity index (χ1n) is 6.64. The van der Waals surface area contributed by atoms with Gasteiger partial charge < -0.3 is 5.32 Å². The van der Waals surface area contributed by atoms with E-state index in [4.69, 9.17) is 0 Å². The molecule has 112 valence electrons. The van der Waals surface area contributed by atoms with Crippen LogP contribution in [0.4, 0.5) is 0 Å². The maximum absolute atomic E-state index is 11.9. The van der Waals surface area contributed by atoms with Gasteiger partial charge in [0, 0.05) is 31.4 Å². The quantitative estimate of drug-likeness (QED) is 0.751. The van der Waals surface area contributed by atoms with E-state index in [1.54, 1.807) is 6.07 Å². The van der Waals surface area contributed by atoms with E-state index in [0.29, 0.717) is 0 Å². The standard InChI is InChI=1S/C13H21N3O3S/c1-3-5-11(2)16-13(17)7-9-15-20(18,19)12-6-4-8-14-10-12/h4,6,8,10-11,15H,3,5,7,9H2,1-2H3,(H,16,17)/t11-/m1/s1. The van der Waals surface area contributed by atoms with Crippen molar-refractivity contribution in [3.63, 3.8) is 0 Å². The number of nitrogens with zero attached hydrogens (tertiary/aromatic N) is 1. The second kappa shape index (κ2) is 7.96. The van der Waals surface area contributed by atoms with E-state index >= 15 is 0 Å². The first-order chi connectivity index (χ1) is 9.45. The average Bonchev–Trinajstić information content (AvgIpc) is 2.39. The Bertz CT molecular complexity index is 517. The van der Waals surface area contributed by atoms with Crippen molar-refractivity contribution >= 4 is 15.9 Å². The van der Waals surface area contributed by atoms with Crippen LogP contribution >= 0.6 is 0 Å². The second-order valence-corrected chi connectivity index (χ2v) is 6.36. The van der Waals surface area contributed by atoms with Gasteiger partial charge in [0.05, 0.1) is 0 Å². The first-order valence-corrected chi connectivity index (χ1v) is 8.13. The highest BCUT2D eigenvalue weighted by molar-refractivity contribution is 7.89. The summed E-state index contributed by atoms with van der Waals surface area (Å²) in [6.45, 7) is 4.05. The molecule has 1 aromatic heterocycles. The van der Waals surface area contributed by atoms with Crippen molar-refractivity contribution in [2.75, 3.05) is 6.54 Å². The third-order valence-corrected chi connectivity index (χ3v) is 4.16. The van der Waals surface area contributed by atoms with Crippen LogP contribution in [0.5, 0.6) is 0 Å². The van der Waals surface area contributed by atoms with E-state index in [9.17, 15) is 13.2 Å². The monoisotopic (exact) mass is 299 g/mol. The molecule has 0 saturated carbocycles. The number of aromatic nitrogens is 1. The van der Waals surface area contributed by atoms with Gasteiger partial charge in [0.15, 0.2) is 0 Å². The lowest BCUT2D eigenvalue weighted by Crippen LogP contribution is -2.35. The highest BCUT2D eigenvalue weighted by atomic mass is 32.2. The molecule has 1 atom stereocenters. The Morgan fingerprint density at radius 2 is 2.20 bits per heavy atom. The van der Waals surface area contributed by atoms with Crippen LogP contribution in [0.1, 0.15) is 33.1 Å². The largest absolute Gasteiger partial charge is 0.354 e. The first kappa shape index (κ1) is 16.6. The fraction of sp³-hybridized carbons (Fsp3) is 0.538. The van der Waals surface area contributed by atoms with E-state index in [-0.39, 0.29) is 29.8 Å². The molecule has 0 aromatic carbocycles. The molecule has 0 spiro atoms. The fourth-order valence-corrected chi connectivity index (χ4v) is 2.74. The number of amides is 1. The van der Waals surface area contributed by atoms with Crippen LogP contribution in [0.3, 0.4) is 0 Å². The van der Waals surface area contributed by atoms with Crippen LogP contribution in [0.15, 0.2) is 29.4 Å². The molecule has 2 N–H and O–H groups in total. The van der Waals surface area contributed by atoms with E-state index < -0.39 is 10.0 Å². The van der Waals surface area contributed by atoms with Gasteiger partial charge in [-0.15, -0.1) is 0 Å². The number of sulfonamides is 1. The summed E-state index contributed by atoms with van der Waals surface area (Å²) < 4.78 is 26.1. The number of carbonyl (C=O) groups is 1. The summed E-state index contributed by atoms with van der Waals surface area (Å²) in [6, 6.07) is 3.12. The smallest absolute Gasteiger partial charge is 0.242 e. The van der Waals surface area contributed by atoms with E-state index in [0.717, 1.165) is 12.8 Å². The van der Waals surface area contributed by atoms with Gasteiger partial charge in [-0.2, -0.15) is 0 Å². The second-order valence-electron chi connectivity index (χ2n) is 4.59. The number of rotatable bonds is 8. The zero-order valence-electron chi connectivity index (χ0n) is 11.8. The van der Waals surface area contributed by atoms with Crippen molar-refractivity contribution in [3.8, 4) is 0 Å². The fourth-order valence-electron chi connectivity index (χ4n) is 1.74. The van der Waals surface area contributed by atoms with Crippen LogP contribution in [-0.4, -0.2) is 31.9 Å². The average molecular weight is 299 g/mol. The lowest BCUT2D eigenvalue weighted by Gasteiger charge is -2.12. The predicted molar refractivity (Wildman–Crippen MR) is 76.6 cm³/mol. The van der Waals surface area contributed by atoms with Crippen LogP contribution < -0.4 is 10.0 Å². The maximum atomic E-state index is 11.9. The molecule has 0 fully saturated rings. The van der Waals surface area contributed by atoms with Gasteiger partial charge in [-0.25, -0.2) is 13.1 Å². The van der Waals surface area contributed by atoms with Crippen molar-refractivity contribution < 1.29 is 13.2 Å². The summed E-state index contributed by atoms with van der Waals surface area (Å²) in [5.41, 5.74) is 0. The van der Waals surface area contributed by atoms with Gasteiger partial charge >= 0.3 is 0 Å². The number of pyridine rings is 1. The van der Waals surface area contributed by atoms with Gasteiger partial charge in [-0.1, -0.05) is 13.3 Å². The number of carbonyl (C=O) groups excluding carboxylic acids is 1. The summed E-state index contributed by atoms with van der Waals surface area (Å²) in [5.74, 6) is -0.153. The zero-order valence-corrected chi connectivity index (χ0v) is 12.6. The number of hydrogen-bond acceptors (Lipinski definition) is 4. The normalized spacial score (nSPS) is 12.9. The number of hydrogen-bond donors (Lipinski definition) is 2. The lowest BCUT2D eigenvalue weighted by atomic mass is 10.2. The van der Waals surface area contributed by atoms with Gasteiger partial charge in [0.2, 0.25) is 15.9 Å². The Balaban J connectivity index is 2.39. The van der Waals surface area contributed by atoms with Crippen LogP contribution in [0.2, 0.25) is 0 Å². The third kappa shape index (κ3) is 5.66. The van der Waals surface area contributed by atoms with Crippen molar-refractivity contribution in [3.05, 3.63) is 24.5 Å². The van der Waals surface area contributed by atoms with Crippen LogP contribution in [-0.2, 0) is 14.8 Å². The molecule has 0 aliphatic rings. The molecule has 1 aromatic rings. The molecule has 6 nitrogen and oxygen atoms in total. The Labute approximate surface area is 120 Å². The van der Waals surface area contributed by atoms with Crippen molar-refractivity contribution in [2.45, 2.75) is 44.0 Å². The summed E-state index contributed by atoms with van der Waals surface area (Å²) in [6.07, 6.45) is 4.79. The highest BCUT2D eigenvalue weighted by Crippen LogP contribution is 2.05. The molecule has 0 aliphatic heterocycles. The molecule has 1 heterocycles. The van der Waals surface area contributed by atoms with Crippen molar-refractivity contribution in [1.29, 1.82) is 0 Å². The van der Waals surface area contributed by atoms with Gasteiger partial charge in [-0.05, 0) is 25.5 Å².